The second-order valence-corrected chi connectivity index (χ2v) is 10.9. The van der Waals surface area contributed by atoms with E-state index >= 15 is 4.39 Å². The van der Waals surface area contributed by atoms with Crippen molar-refractivity contribution in [1.29, 1.82) is 0 Å². The number of hydrogen-bond donors (Lipinski definition) is 1. The molecule has 0 saturated carbocycles. The molecule has 0 unspecified atom stereocenters. The molecule has 3 aromatic carbocycles. The highest BCUT2D eigenvalue weighted by Gasteiger charge is 2.33. The van der Waals surface area contributed by atoms with E-state index in [1.165, 1.54) is 47.6 Å². The predicted octanol–water partition coefficient (Wildman–Crippen LogP) is 7.68. The molecule has 1 N–H and O–H groups in total. The molecule has 3 amide bonds. The number of rotatable bonds is 6. The highest BCUT2D eigenvalue weighted by atomic mass is 32.2. The Labute approximate surface area is 248 Å². The fourth-order valence-electron chi connectivity index (χ4n) is 4.46. The Morgan fingerprint density at radius 3 is 2.51 bits per heavy atom. The number of alkyl halides is 3. The molecule has 1 fully saturated rings. The minimum Gasteiger partial charge on any atom is -0.406 e. The molecule has 2 heterocycles. The first-order valence-corrected chi connectivity index (χ1v) is 14.0. The van der Waals surface area contributed by atoms with Crippen LogP contribution in [0.4, 0.5) is 33.7 Å². The summed E-state index contributed by atoms with van der Waals surface area (Å²) in [5.41, 5.74) is 3.75. The van der Waals surface area contributed by atoms with Crippen LogP contribution in [0.25, 0.3) is 16.9 Å². The molecule has 13 heteroatoms. The molecule has 0 bridgehead atoms. The Morgan fingerprint density at radius 1 is 1.09 bits per heavy atom. The lowest BCUT2D eigenvalue weighted by Gasteiger charge is -2.22. The van der Waals surface area contributed by atoms with Crippen LogP contribution in [0.15, 0.2) is 78.2 Å². The van der Waals surface area contributed by atoms with E-state index in [0.717, 1.165) is 22.9 Å². The minimum absolute atomic E-state index is 0.114. The van der Waals surface area contributed by atoms with Crippen LogP contribution in [0.3, 0.4) is 0 Å². The van der Waals surface area contributed by atoms with Crippen molar-refractivity contribution in [3.05, 3.63) is 90.1 Å². The van der Waals surface area contributed by atoms with Crippen LogP contribution in [-0.2, 0) is 4.79 Å². The third kappa shape index (κ3) is 6.88. The van der Waals surface area contributed by atoms with E-state index in [1.54, 1.807) is 16.8 Å². The maximum atomic E-state index is 15.0. The van der Waals surface area contributed by atoms with Gasteiger partial charge in [-0.25, -0.2) is 14.2 Å². The monoisotopic (exact) mass is 611 g/mol. The third-order valence-electron chi connectivity index (χ3n) is 6.47. The molecule has 8 nitrogen and oxygen atoms in total. The van der Waals surface area contributed by atoms with Gasteiger partial charge in [0.25, 0.3) is 0 Å². The van der Waals surface area contributed by atoms with Crippen molar-refractivity contribution < 1.29 is 31.9 Å². The normalized spacial score (nSPS) is 14.6. The van der Waals surface area contributed by atoms with Crippen LogP contribution in [0.1, 0.15) is 30.9 Å². The number of carbonyl (C=O) groups is 2. The maximum absolute atomic E-state index is 15.0. The molecular weight excluding hydrogens is 586 g/mol. The Morgan fingerprint density at radius 2 is 1.84 bits per heavy atom. The molecule has 0 atom stereocenters. The number of aryl methyl sites for hydroxylation is 1. The number of urea groups is 1. The highest BCUT2D eigenvalue weighted by molar-refractivity contribution is 8.15. The average molecular weight is 612 g/mol. The molecule has 0 radical (unpaired) electrons. The molecule has 43 heavy (non-hydrogen) atoms. The summed E-state index contributed by atoms with van der Waals surface area (Å²) < 4.78 is 57.7. The van der Waals surface area contributed by atoms with Gasteiger partial charge in [-0.05, 0) is 66.4 Å². The van der Waals surface area contributed by atoms with E-state index in [4.69, 9.17) is 0 Å². The molecule has 0 aliphatic carbocycles. The van der Waals surface area contributed by atoms with Crippen LogP contribution in [0, 0.1) is 12.7 Å². The minimum atomic E-state index is -4.79. The largest absolute Gasteiger partial charge is 0.573 e. The number of amidine groups is 1. The van der Waals surface area contributed by atoms with Crippen LogP contribution in [0.5, 0.6) is 5.75 Å². The van der Waals surface area contributed by atoms with Crippen molar-refractivity contribution >= 4 is 40.2 Å². The molecule has 5 rings (SSSR count). The molecular formula is C30H25F4N5O3S. The summed E-state index contributed by atoms with van der Waals surface area (Å²) in [6.45, 7) is 5.93. The van der Waals surface area contributed by atoms with Crippen molar-refractivity contribution in [3.63, 3.8) is 0 Å². The van der Waals surface area contributed by atoms with Crippen LogP contribution >= 0.6 is 11.8 Å². The number of thioether (sulfide) groups is 1. The average Bonchev–Trinajstić information content (AvgIpc) is 3.56. The van der Waals surface area contributed by atoms with Crippen LogP contribution in [-0.4, -0.2) is 38.8 Å². The molecule has 222 valence electrons. The van der Waals surface area contributed by atoms with Crippen molar-refractivity contribution in [2.24, 2.45) is 4.99 Å². The zero-order chi connectivity index (χ0) is 30.9. The van der Waals surface area contributed by atoms with E-state index in [1.807, 2.05) is 39.0 Å². The lowest BCUT2D eigenvalue weighted by atomic mass is 9.99. The summed E-state index contributed by atoms with van der Waals surface area (Å²) in [6.07, 6.45) is -1.78. The number of nitrogens with one attached hydrogen (secondary N) is 1. The standard InChI is InChI=1S/C30H25F4N5O3S/c1-17(2)22-10-4-18(3)12-26(22)39-27(40)15-43-29(39)37-28(41)36-24-11-5-19(13-23(24)31)25-14-38(16-35-25)20-6-8-21(9-7-20)42-30(32,33)34/h4-14,16-17H,15H2,1-3H3,(H,36,41). The molecule has 0 spiro atoms. The number of carbonyl (C=O) groups excluding carboxylic acids is 2. The van der Waals surface area contributed by atoms with Crippen molar-refractivity contribution in [2.45, 2.75) is 33.1 Å². The van der Waals surface area contributed by atoms with Crippen molar-refractivity contribution in [3.8, 4) is 22.7 Å². The quantitative estimate of drug-likeness (QED) is 0.226. The van der Waals surface area contributed by atoms with Gasteiger partial charge in [-0.3, -0.25) is 9.69 Å². The second-order valence-electron chi connectivity index (χ2n) is 9.96. The first-order valence-electron chi connectivity index (χ1n) is 13.0. The maximum Gasteiger partial charge on any atom is 0.573 e. The number of amides is 3. The van der Waals surface area contributed by atoms with Crippen molar-refractivity contribution in [2.75, 3.05) is 16.0 Å². The van der Waals surface area contributed by atoms with Crippen LogP contribution in [0.2, 0.25) is 0 Å². The number of halogens is 4. The number of aliphatic imine (C=N–C) groups is 1. The zero-order valence-electron chi connectivity index (χ0n) is 23.1. The Balaban J connectivity index is 1.31. The first kappa shape index (κ1) is 29.8. The van der Waals surface area contributed by atoms with Gasteiger partial charge in [0, 0.05) is 17.4 Å². The summed E-state index contributed by atoms with van der Waals surface area (Å²) in [5.74, 6) is -1.05. The number of imidazole rings is 1. The molecule has 4 aromatic rings. The zero-order valence-corrected chi connectivity index (χ0v) is 24.0. The van der Waals surface area contributed by atoms with Gasteiger partial charge < -0.3 is 14.6 Å². The summed E-state index contributed by atoms with van der Waals surface area (Å²) in [6, 6.07) is 14.3. The van der Waals surface area contributed by atoms with E-state index in [0.29, 0.717) is 22.6 Å². The summed E-state index contributed by atoms with van der Waals surface area (Å²) >= 11 is 1.13. The summed E-state index contributed by atoms with van der Waals surface area (Å²) in [7, 11) is 0. The molecule has 1 saturated heterocycles. The number of ether oxygens (including phenoxy) is 1. The molecule has 1 aliphatic heterocycles. The van der Waals surface area contributed by atoms with E-state index in [9.17, 15) is 22.8 Å². The molecule has 1 aliphatic rings. The van der Waals surface area contributed by atoms with Gasteiger partial charge in [0.1, 0.15) is 11.6 Å². The summed E-state index contributed by atoms with van der Waals surface area (Å²) in [5, 5.41) is 2.64. The SMILES string of the molecule is Cc1ccc(C(C)C)c(N2C(=O)CSC2=NC(=O)Nc2ccc(-c3cn(-c4ccc(OC(F)(F)F)cc4)cn3)cc2F)c1. The van der Waals surface area contributed by atoms with Crippen LogP contribution < -0.4 is 15.0 Å². The van der Waals surface area contributed by atoms with E-state index in [2.05, 4.69) is 20.0 Å². The van der Waals surface area contributed by atoms with Gasteiger partial charge in [-0.1, -0.05) is 43.8 Å². The second kappa shape index (κ2) is 11.9. The van der Waals surface area contributed by atoms with E-state index < -0.39 is 18.2 Å². The number of benzene rings is 3. The fraction of sp³-hybridized carbons (Fsp3) is 0.200. The summed E-state index contributed by atoms with van der Waals surface area (Å²) in [4.78, 5) is 35.3. The van der Waals surface area contributed by atoms with Gasteiger partial charge in [0.2, 0.25) is 5.91 Å². The lowest BCUT2D eigenvalue weighted by molar-refractivity contribution is -0.274. The van der Waals surface area contributed by atoms with Gasteiger partial charge in [-0.2, -0.15) is 4.99 Å². The third-order valence-corrected chi connectivity index (χ3v) is 7.39. The van der Waals surface area contributed by atoms with Gasteiger partial charge >= 0.3 is 12.4 Å². The number of anilines is 2. The highest BCUT2D eigenvalue weighted by Crippen LogP contribution is 2.34. The predicted molar refractivity (Wildman–Crippen MR) is 157 cm³/mol. The molecule has 1 aromatic heterocycles. The fourth-order valence-corrected chi connectivity index (χ4v) is 5.31. The Hall–Kier alpha value is -4.65. The van der Waals surface area contributed by atoms with Crippen molar-refractivity contribution in [1.82, 2.24) is 9.55 Å². The Bertz CT molecular complexity index is 1720. The Kier molecular flexibility index (Phi) is 8.27. The first-order chi connectivity index (χ1) is 20.4. The van der Waals surface area contributed by atoms with Gasteiger partial charge in [0.05, 0.1) is 29.1 Å². The lowest BCUT2D eigenvalue weighted by Crippen LogP contribution is -2.31. The number of hydrogen-bond acceptors (Lipinski definition) is 5. The smallest absolute Gasteiger partial charge is 0.406 e. The van der Waals surface area contributed by atoms with Gasteiger partial charge in [-0.15, -0.1) is 13.2 Å². The number of nitrogens with zero attached hydrogens (tertiary/aromatic N) is 4. The van der Waals surface area contributed by atoms with Gasteiger partial charge in [0.15, 0.2) is 5.17 Å². The van der Waals surface area contributed by atoms with E-state index in [-0.39, 0.29) is 34.2 Å². The topological polar surface area (TPSA) is 88.8 Å². The number of aromatic nitrogens is 2.